The van der Waals surface area contributed by atoms with E-state index in [-0.39, 0.29) is 16.9 Å². The number of amides is 1. The molecule has 1 amide bonds. The summed E-state index contributed by atoms with van der Waals surface area (Å²) in [6.07, 6.45) is 1.46. The maximum Gasteiger partial charge on any atom is 0.300 e. The van der Waals surface area contributed by atoms with Gasteiger partial charge in [0.05, 0.1) is 24.5 Å². The van der Waals surface area contributed by atoms with Crippen molar-refractivity contribution >= 4 is 34.7 Å². The first-order valence-corrected chi connectivity index (χ1v) is 9.97. The highest BCUT2D eigenvalue weighted by Crippen LogP contribution is 2.44. The smallest absolute Gasteiger partial charge is 0.300 e. The number of ether oxygens (including phenoxy) is 1. The van der Waals surface area contributed by atoms with Crippen molar-refractivity contribution in [2.24, 2.45) is 0 Å². The average Bonchev–Trinajstić information content (AvgIpc) is 3.37. The first kappa shape index (κ1) is 20.8. The molecule has 31 heavy (non-hydrogen) atoms. The van der Waals surface area contributed by atoms with Gasteiger partial charge in [0.25, 0.3) is 11.7 Å². The fourth-order valence-corrected chi connectivity index (χ4v) is 3.98. The number of anilines is 1. The number of hydrogen-bond acceptors (Lipinski definition) is 5. The minimum absolute atomic E-state index is 0.0959. The van der Waals surface area contributed by atoms with Gasteiger partial charge in [-0.15, -0.1) is 0 Å². The summed E-state index contributed by atoms with van der Waals surface area (Å²) in [5.41, 5.74) is 2.50. The van der Waals surface area contributed by atoms with Crippen LogP contribution in [-0.2, 0) is 9.59 Å². The van der Waals surface area contributed by atoms with Crippen LogP contribution in [-0.4, -0.2) is 23.9 Å². The van der Waals surface area contributed by atoms with E-state index in [0.717, 1.165) is 11.1 Å². The second-order valence-electron chi connectivity index (χ2n) is 7.25. The number of Topliss-reactive ketones (excluding diaryl/α,β-unsaturated/α-hetero) is 1. The Bertz CT molecular complexity index is 1210. The van der Waals surface area contributed by atoms with E-state index < -0.39 is 17.7 Å². The van der Waals surface area contributed by atoms with Crippen LogP contribution in [0.2, 0.25) is 5.02 Å². The van der Waals surface area contributed by atoms with Crippen molar-refractivity contribution in [3.63, 3.8) is 0 Å². The molecule has 3 aromatic rings. The maximum absolute atomic E-state index is 13.2. The molecule has 0 spiro atoms. The first-order chi connectivity index (χ1) is 14.8. The number of carbonyl (C=O) groups excluding carboxylic acids is 2. The van der Waals surface area contributed by atoms with Gasteiger partial charge in [-0.2, -0.15) is 0 Å². The Labute approximate surface area is 184 Å². The highest BCUT2D eigenvalue weighted by molar-refractivity contribution is 6.51. The molecule has 2 aromatic carbocycles. The number of methoxy groups -OCH3 is 1. The van der Waals surface area contributed by atoms with Crippen LogP contribution in [0.1, 0.15) is 28.5 Å². The zero-order valence-electron chi connectivity index (χ0n) is 17.2. The number of aryl methyl sites for hydroxylation is 1. The number of carbonyl (C=O) groups is 2. The molecule has 1 aliphatic rings. The molecule has 1 N–H and O–H groups in total. The molecule has 158 valence electrons. The van der Waals surface area contributed by atoms with Crippen molar-refractivity contribution in [3.8, 4) is 5.75 Å². The van der Waals surface area contributed by atoms with Gasteiger partial charge in [0, 0.05) is 10.7 Å². The third-order valence-electron chi connectivity index (χ3n) is 5.51. The third kappa shape index (κ3) is 3.39. The van der Waals surface area contributed by atoms with Crippen LogP contribution in [0.4, 0.5) is 5.69 Å². The van der Waals surface area contributed by atoms with Gasteiger partial charge in [0.15, 0.2) is 0 Å². The van der Waals surface area contributed by atoms with Crippen LogP contribution in [0.15, 0.2) is 64.8 Å². The third-order valence-corrected chi connectivity index (χ3v) is 5.74. The van der Waals surface area contributed by atoms with E-state index in [0.29, 0.717) is 22.2 Å². The van der Waals surface area contributed by atoms with E-state index in [1.807, 2.05) is 26.0 Å². The van der Waals surface area contributed by atoms with E-state index in [2.05, 4.69) is 0 Å². The summed E-state index contributed by atoms with van der Waals surface area (Å²) in [6.45, 7) is 3.80. The van der Waals surface area contributed by atoms with Crippen molar-refractivity contribution in [2.75, 3.05) is 12.0 Å². The van der Waals surface area contributed by atoms with Gasteiger partial charge >= 0.3 is 0 Å². The number of halogens is 1. The molecule has 1 aliphatic heterocycles. The predicted molar refractivity (Wildman–Crippen MR) is 117 cm³/mol. The van der Waals surface area contributed by atoms with E-state index in [1.165, 1.54) is 24.3 Å². The maximum atomic E-state index is 13.2. The van der Waals surface area contributed by atoms with Gasteiger partial charge in [-0.1, -0.05) is 23.7 Å². The molecule has 0 saturated carbocycles. The fraction of sp³-hybridized carbons (Fsp3) is 0.167. The lowest BCUT2D eigenvalue weighted by molar-refractivity contribution is -0.132. The molecule has 1 fully saturated rings. The number of furan rings is 1. The van der Waals surface area contributed by atoms with Crippen LogP contribution in [0.3, 0.4) is 0 Å². The molecule has 0 aliphatic carbocycles. The molecule has 1 atom stereocenters. The number of nitrogens with zero attached hydrogens (tertiary/aromatic N) is 1. The van der Waals surface area contributed by atoms with Crippen LogP contribution in [0, 0.1) is 13.8 Å². The second kappa shape index (κ2) is 7.96. The molecule has 1 saturated heterocycles. The van der Waals surface area contributed by atoms with E-state index in [9.17, 15) is 14.7 Å². The zero-order chi connectivity index (χ0) is 22.3. The van der Waals surface area contributed by atoms with E-state index >= 15 is 0 Å². The van der Waals surface area contributed by atoms with Gasteiger partial charge in [-0.05, 0) is 61.4 Å². The largest absolute Gasteiger partial charge is 0.507 e. The molecule has 4 rings (SSSR count). The fourth-order valence-electron chi connectivity index (χ4n) is 3.80. The zero-order valence-corrected chi connectivity index (χ0v) is 17.9. The first-order valence-electron chi connectivity index (χ1n) is 9.59. The number of rotatable bonds is 4. The van der Waals surface area contributed by atoms with E-state index in [4.69, 9.17) is 20.8 Å². The summed E-state index contributed by atoms with van der Waals surface area (Å²) in [5.74, 6) is -1.29. The standard InChI is InChI=1S/C24H20ClNO5/c1-13-6-4-7-17(14(13)2)26-21(19-8-5-11-31-19)20(23(28)24(26)29)22(27)16-12-15(25)9-10-18(16)30-3/h4-12,21,27H,1-3H3/b22-20-. The Hall–Kier alpha value is -3.51. The summed E-state index contributed by atoms with van der Waals surface area (Å²) in [4.78, 5) is 27.7. The molecule has 1 aromatic heterocycles. The predicted octanol–water partition coefficient (Wildman–Crippen LogP) is 5.18. The summed E-state index contributed by atoms with van der Waals surface area (Å²) in [7, 11) is 1.44. The SMILES string of the molecule is COc1ccc(Cl)cc1/C(O)=C1/C(=O)C(=O)N(c2cccc(C)c2C)C1c1ccco1. The molecule has 2 heterocycles. The molecule has 1 unspecified atom stereocenters. The normalized spacial score (nSPS) is 17.9. The molecular weight excluding hydrogens is 418 g/mol. The Morgan fingerprint density at radius 2 is 1.90 bits per heavy atom. The van der Waals surface area contributed by atoms with Gasteiger partial charge in [-0.3, -0.25) is 14.5 Å². The van der Waals surface area contributed by atoms with Gasteiger partial charge in [-0.25, -0.2) is 0 Å². The van der Waals surface area contributed by atoms with Crippen LogP contribution in [0.5, 0.6) is 5.75 Å². The molecule has 6 nitrogen and oxygen atoms in total. The topological polar surface area (TPSA) is 80.0 Å². The minimum Gasteiger partial charge on any atom is -0.507 e. The summed E-state index contributed by atoms with van der Waals surface area (Å²) >= 11 is 6.12. The van der Waals surface area contributed by atoms with Crippen molar-refractivity contribution < 1.29 is 23.8 Å². The summed E-state index contributed by atoms with van der Waals surface area (Å²) in [6, 6.07) is 12.6. The molecular formula is C24H20ClNO5. The Balaban J connectivity index is 1.99. The average molecular weight is 438 g/mol. The van der Waals surface area contributed by atoms with Crippen molar-refractivity contribution in [3.05, 3.63) is 87.8 Å². The highest BCUT2D eigenvalue weighted by Gasteiger charge is 2.49. The Morgan fingerprint density at radius 3 is 2.58 bits per heavy atom. The van der Waals surface area contributed by atoms with E-state index in [1.54, 1.807) is 30.3 Å². The van der Waals surface area contributed by atoms with Crippen LogP contribution >= 0.6 is 11.6 Å². The van der Waals surface area contributed by atoms with Crippen LogP contribution in [0.25, 0.3) is 5.76 Å². The molecule has 0 radical (unpaired) electrons. The second-order valence-corrected chi connectivity index (χ2v) is 7.68. The van der Waals surface area contributed by atoms with Gasteiger partial charge < -0.3 is 14.3 Å². The number of benzene rings is 2. The van der Waals surface area contributed by atoms with Crippen molar-refractivity contribution in [2.45, 2.75) is 19.9 Å². The summed E-state index contributed by atoms with van der Waals surface area (Å²) < 4.78 is 10.9. The quantitative estimate of drug-likeness (QED) is 0.345. The molecule has 7 heteroatoms. The summed E-state index contributed by atoms with van der Waals surface area (Å²) in [5, 5.41) is 11.6. The lowest BCUT2D eigenvalue weighted by atomic mass is 9.98. The molecule has 0 bridgehead atoms. The van der Waals surface area contributed by atoms with Crippen molar-refractivity contribution in [1.82, 2.24) is 0 Å². The number of aliphatic hydroxyl groups is 1. The monoisotopic (exact) mass is 437 g/mol. The number of ketones is 1. The highest BCUT2D eigenvalue weighted by atomic mass is 35.5. The number of aliphatic hydroxyl groups excluding tert-OH is 1. The van der Waals surface area contributed by atoms with Gasteiger partial charge in [0.1, 0.15) is 23.3 Å². The lowest BCUT2D eigenvalue weighted by Gasteiger charge is -2.25. The minimum atomic E-state index is -0.945. The number of hydrogen-bond donors (Lipinski definition) is 1. The van der Waals surface area contributed by atoms with Crippen LogP contribution < -0.4 is 9.64 Å². The Kier molecular flexibility index (Phi) is 5.33. The Morgan fingerprint density at radius 1 is 1.13 bits per heavy atom. The van der Waals surface area contributed by atoms with Gasteiger partial charge in [0.2, 0.25) is 0 Å². The lowest BCUT2D eigenvalue weighted by Crippen LogP contribution is -2.30. The van der Waals surface area contributed by atoms with Crippen molar-refractivity contribution in [1.29, 1.82) is 0 Å².